The van der Waals surface area contributed by atoms with Gasteiger partial charge in [0, 0.05) is 23.6 Å². The number of rotatable bonds is 14. The van der Waals surface area contributed by atoms with Crippen molar-refractivity contribution in [3.8, 4) is 0 Å². The van der Waals surface area contributed by atoms with Crippen molar-refractivity contribution in [1.82, 2.24) is 40.5 Å². The highest BCUT2D eigenvalue weighted by molar-refractivity contribution is 8.01. The Morgan fingerprint density at radius 1 is 1.18 bits per heavy atom. The van der Waals surface area contributed by atoms with Crippen LogP contribution in [0.15, 0.2) is 65.0 Å². The second kappa shape index (κ2) is 14.8. The second-order valence-corrected chi connectivity index (χ2v) is 13.8. The number of aliphatic carboxylic acids is 1. The van der Waals surface area contributed by atoms with Gasteiger partial charge in [0.1, 0.15) is 34.0 Å². The first-order valence-corrected chi connectivity index (χ1v) is 18.0. The molecule has 3 amide bonds. The third kappa shape index (κ3) is 7.06. The number of benzene rings is 2. The molecule has 3 atom stereocenters. The van der Waals surface area contributed by atoms with Crippen molar-refractivity contribution in [2.45, 2.75) is 68.6 Å². The molecule has 49 heavy (non-hydrogen) atoms. The van der Waals surface area contributed by atoms with E-state index < -0.39 is 47.0 Å². The highest BCUT2D eigenvalue weighted by atomic mass is 32.2. The molecule has 2 aliphatic rings. The summed E-state index contributed by atoms with van der Waals surface area (Å²) >= 11 is 2.72. The molecule has 0 bridgehead atoms. The Bertz CT molecular complexity index is 1940. The van der Waals surface area contributed by atoms with Crippen LogP contribution in [0.4, 0.5) is 4.39 Å². The number of hydrogen-bond donors (Lipinski definition) is 4. The van der Waals surface area contributed by atoms with E-state index in [0.29, 0.717) is 34.7 Å². The Kier molecular flexibility index (Phi) is 10.3. The Balaban J connectivity index is 1.18. The van der Waals surface area contributed by atoms with Crippen LogP contribution in [-0.2, 0) is 27.3 Å². The molecule has 16 heteroatoms. The van der Waals surface area contributed by atoms with Crippen molar-refractivity contribution in [1.29, 1.82) is 0 Å². The van der Waals surface area contributed by atoms with E-state index in [4.69, 9.17) is 0 Å². The number of aromatic amines is 1. The van der Waals surface area contributed by atoms with Crippen LogP contribution in [0.25, 0.3) is 11.0 Å². The predicted molar refractivity (Wildman–Crippen MR) is 182 cm³/mol. The number of β-lactam (4-membered cyclic amide) rings is 1. The number of carbonyl (C=O) groups is 4. The summed E-state index contributed by atoms with van der Waals surface area (Å²) in [6.45, 7) is 4.83. The van der Waals surface area contributed by atoms with Crippen LogP contribution in [-0.4, -0.2) is 81.6 Å². The summed E-state index contributed by atoms with van der Waals surface area (Å²) in [6, 6.07) is 8.58. The van der Waals surface area contributed by atoms with Gasteiger partial charge in [-0.1, -0.05) is 56.2 Å². The van der Waals surface area contributed by atoms with Crippen molar-refractivity contribution in [2.75, 3.05) is 11.5 Å². The molecule has 2 unspecified atom stereocenters. The van der Waals surface area contributed by atoms with E-state index in [1.165, 1.54) is 52.7 Å². The summed E-state index contributed by atoms with van der Waals surface area (Å²) in [5, 5.41) is 23.5. The number of nitrogens with one attached hydrogen (secondary N) is 3. The number of carboxylic acids is 1. The van der Waals surface area contributed by atoms with Crippen molar-refractivity contribution >= 4 is 58.2 Å². The molecule has 13 nitrogen and oxygen atoms in total. The maximum absolute atomic E-state index is 15.0. The van der Waals surface area contributed by atoms with E-state index in [1.54, 1.807) is 10.9 Å². The van der Waals surface area contributed by atoms with Gasteiger partial charge < -0.3 is 20.7 Å². The lowest BCUT2D eigenvalue weighted by molar-refractivity contribution is -0.151. The molecule has 0 radical (unpaired) electrons. The zero-order valence-corrected chi connectivity index (χ0v) is 28.4. The first-order chi connectivity index (χ1) is 23.7. The van der Waals surface area contributed by atoms with Gasteiger partial charge in [0.15, 0.2) is 5.82 Å². The van der Waals surface area contributed by atoms with E-state index in [1.807, 2.05) is 18.2 Å². The number of thioether (sulfide) groups is 2. The molecule has 4 heterocycles. The van der Waals surface area contributed by atoms with Crippen LogP contribution < -0.4 is 10.6 Å². The van der Waals surface area contributed by atoms with Gasteiger partial charge in [-0.05, 0) is 42.2 Å². The molecule has 256 valence electrons. The number of imidazole rings is 1. The van der Waals surface area contributed by atoms with Gasteiger partial charge in [-0.15, -0.1) is 28.6 Å². The fraction of sp³-hybridized carbons (Fsp3) is 0.364. The largest absolute Gasteiger partial charge is 0.477 e. The Morgan fingerprint density at radius 3 is 2.76 bits per heavy atom. The number of halogens is 1. The lowest BCUT2D eigenvalue weighted by Gasteiger charge is -2.49. The Morgan fingerprint density at radius 2 is 2.00 bits per heavy atom. The zero-order chi connectivity index (χ0) is 34.7. The summed E-state index contributed by atoms with van der Waals surface area (Å²) in [5.41, 5.74) is 2.61. The summed E-state index contributed by atoms with van der Waals surface area (Å²) < 4.78 is 16.8. The minimum atomic E-state index is -1.51. The summed E-state index contributed by atoms with van der Waals surface area (Å²) in [5.74, 6) is -3.59. The van der Waals surface area contributed by atoms with E-state index in [9.17, 15) is 24.3 Å². The number of aryl methyl sites for hydroxylation is 2. The number of nitrogens with zero attached hydrogens (tertiary/aromatic N) is 5. The molecule has 0 saturated carbocycles. The third-order valence-electron chi connectivity index (χ3n) is 8.30. The van der Waals surface area contributed by atoms with Crippen LogP contribution in [0.5, 0.6) is 0 Å². The van der Waals surface area contributed by atoms with Crippen molar-refractivity contribution in [3.05, 3.63) is 82.7 Å². The molecule has 4 N–H and O–H groups in total. The average molecular weight is 707 g/mol. The standard InChI is InChI=1S/C33H35FN8O5S2/c1-3-5-13-41-24(15-35-40-41)48-16-19-17-49-32-26(31(45)42(32)27(19)33(46)47)39-29(43)25(20-9-6-7-10-21(20)34)38-30(44)28-36-22-12-11-18(8-4-2)14-23(22)37-28/h6-7,9-12,14-15,25-26,32H,3-5,8,13,16-17H2,1-2H3,(H,36,37)(H,38,44)(H,39,43)(H,46,47)/t25?,26?,32-/m0/s1. The van der Waals surface area contributed by atoms with Gasteiger partial charge in [0.25, 0.3) is 11.8 Å². The number of H-pyrrole nitrogens is 1. The molecule has 2 aliphatic heterocycles. The highest BCUT2D eigenvalue weighted by Gasteiger charge is 2.54. The Hall–Kier alpha value is -4.70. The van der Waals surface area contributed by atoms with Crippen LogP contribution in [0.2, 0.25) is 0 Å². The van der Waals surface area contributed by atoms with E-state index >= 15 is 4.39 Å². The number of amides is 3. The minimum absolute atomic E-state index is 0.0580. The first kappa shape index (κ1) is 34.2. The minimum Gasteiger partial charge on any atom is -0.477 e. The van der Waals surface area contributed by atoms with Crippen molar-refractivity contribution in [3.63, 3.8) is 0 Å². The summed E-state index contributed by atoms with van der Waals surface area (Å²) in [7, 11) is 0. The number of carbonyl (C=O) groups excluding carboxylic acids is 3. The quantitative estimate of drug-likeness (QED) is 0.111. The molecule has 1 fully saturated rings. The monoisotopic (exact) mass is 706 g/mol. The van der Waals surface area contributed by atoms with Gasteiger partial charge in [-0.25, -0.2) is 18.9 Å². The number of hydrogen-bond acceptors (Lipinski definition) is 9. The lowest BCUT2D eigenvalue weighted by atomic mass is 10.0. The number of fused-ring (bicyclic) bond motifs is 2. The Labute approximate surface area is 289 Å². The smallest absolute Gasteiger partial charge is 0.352 e. The van der Waals surface area contributed by atoms with Gasteiger partial charge in [0.2, 0.25) is 5.91 Å². The van der Waals surface area contributed by atoms with Gasteiger partial charge in [-0.3, -0.25) is 19.3 Å². The highest BCUT2D eigenvalue weighted by Crippen LogP contribution is 2.42. The van der Waals surface area contributed by atoms with Crippen LogP contribution in [0.3, 0.4) is 0 Å². The molecule has 2 aromatic carbocycles. The number of unbranched alkanes of at least 4 members (excludes halogenated alkanes) is 1. The molecule has 0 aliphatic carbocycles. The fourth-order valence-corrected chi connectivity index (χ4v) is 8.25. The molecule has 0 spiro atoms. The van der Waals surface area contributed by atoms with Crippen molar-refractivity contribution in [2.24, 2.45) is 0 Å². The van der Waals surface area contributed by atoms with Crippen molar-refractivity contribution < 1.29 is 28.7 Å². The van der Waals surface area contributed by atoms with E-state index in [2.05, 4.69) is 44.8 Å². The summed E-state index contributed by atoms with van der Waals surface area (Å²) in [6.07, 6.45) is 5.34. The predicted octanol–water partition coefficient (Wildman–Crippen LogP) is 4.05. The number of carboxylic acid groups (broad SMARTS) is 1. The average Bonchev–Trinajstić information content (AvgIpc) is 3.74. The zero-order valence-electron chi connectivity index (χ0n) is 26.8. The molecule has 6 rings (SSSR count). The number of aromatic nitrogens is 5. The SMILES string of the molecule is CCCCn1nncc1SCC1=C(C(=O)O)N2C(=O)C(NC(=O)C(NC(=O)c3nc4cc(CCC)ccc4[nH]3)c3ccccc3F)[C@@H]2SC1. The van der Waals surface area contributed by atoms with Crippen LogP contribution in [0.1, 0.15) is 60.9 Å². The molecule has 2 aromatic heterocycles. The van der Waals surface area contributed by atoms with Gasteiger partial charge in [0.05, 0.1) is 17.2 Å². The third-order valence-corrected chi connectivity index (χ3v) is 10.7. The molecular formula is C33H35FN8O5S2. The topological polar surface area (TPSA) is 175 Å². The normalized spacial score (nSPS) is 17.9. The lowest BCUT2D eigenvalue weighted by Crippen LogP contribution is -2.71. The second-order valence-electron chi connectivity index (χ2n) is 11.7. The van der Waals surface area contributed by atoms with Crippen LogP contribution in [0, 0.1) is 5.82 Å². The fourth-order valence-electron chi connectivity index (χ4n) is 5.81. The maximum Gasteiger partial charge on any atom is 0.352 e. The first-order valence-electron chi connectivity index (χ1n) is 16.0. The molecule has 1 saturated heterocycles. The molecular weight excluding hydrogens is 672 g/mol. The maximum atomic E-state index is 15.0. The van der Waals surface area contributed by atoms with Gasteiger partial charge >= 0.3 is 5.97 Å². The van der Waals surface area contributed by atoms with Gasteiger partial charge in [-0.2, -0.15) is 0 Å². The van der Waals surface area contributed by atoms with E-state index in [0.717, 1.165) is 36.3 Å². The summed E-state index contributed by atoms with van der Waals surface area (Å²) in [4.78, 5) is 61.5. The molecule has 4 aromatic rings. The van der Waals surface area contributed by atoms with E-state index in [-0.39, 0.29) is 17.1 Å². The van der Waals surface area contributed by atoms with Crippen LogP contribution >= 0.6 is 23.5 Å².